The van der Waals surface area contributed by atoms with Gasteiger partial charge in [0, 0.05) is 5.56 Å². The number of carbonyl (C=O) groups excluding carboxylic acids is 2. The zero-order valence-corrected chi connectivity index (χ0v) is 12.8. The molecule has 0 aliphatic carbocycles. The third-order valence-electron chi connectivity index (χ3n) is 3.08. The summed E-state index contributed by atoms with van der Waals surface area (Å²) in [6, 6.07) is 8.86. The van der Waals surface area contributed by atoms with Crippen LogP contribution in [0.1, 0.15) is 23.0 Å². The Balaban J connectivity index is 2.57. The SMILES string of the molecule is CCOC(=O)c1nc(-c2ccccc2)[nH]c(=O)c1CC(=O)OC. The summed E-state index contributed by atoms with van der Waals surface area (Å²) < 4.78 is 9.47. The van der Waals surface area contributed by atoms with E-state index >= 15 is 0 Å². The standard InChI is InChI=1S/C16H16N2O5/c1-3-23-16(21)13-11(9-12(19)22-2)15(20)18-14(17-13)10-7-5-4-6-8-10/h4-8H,3,9H2,1-2H3,(H,17,18,20). The zero-order chi connectivity index (χ0) is 16.8. The number of aromatic amines is 1. The summed E-state index contributed by atoms with van der Waals surface area (Å²) in [7, 11) is 1.20. The fraction of sp³-hybridized carbons (Fsp3) is 0.250. The number of H-pyrrole nitrogens is 1. The van der Waals surface area contributed by atoms with Gasteiger partial charge >= 0.3 is 11.9 Å². The Hall–Kier alpha value is -2.96. The van der Waals surface area contributed by atoms with Crippen LogP contribution in [-0.4, -0.2) is 35.6 Å². The first-order valence-electron chi connectivity index (χ1n) is 6.99. The fourth-order valence-corrected chi connectivity index (χ4v) is 1.98. The van der Waals surface area contributed by atoms with Crippen LogP contribution in [0.15, 0.2) is 35.1 Å². The van der Waals surface area contributed by atoms with Crippen molar-refractivity contribution in [1.82, 2.24) is 9.97 Å². The summed E-state index contributed by atoms with van der Waals surface area (Å²) in [6.45, 7) is 1.77. The molecule has 0 aliphatic rings. The van der Waals surface area contributed by atoms with Gasteiger partial charge in [-0.2, -0.15) is 0 Å². The van der Waals surface area contributed by atoms with Gasteiger partial charge in [0.15, 0.2) is 5.69 Å². The van der Waals surface area contributed by atoms with Crippen LogP contribution in [0.25, 0.3) is 11.4 Å². The molecule has 1 N–H and O–H groups in total. The van der Waals surface area contributed by atoms with Gasteiger partial charge < -0.3 is 14.5 Å². The van der Waals surface area contributed by atoms with Crippen molar-refractivity contribution in [3.05, 3.63) is 51.9 Å². The molecule has 7 nitrogen and oxygen atoms in total. The first-order chi connectivity index (χ1) is 11.1. The van der Waals surface area contributed by atoms with Crippen LogP contribution >= 0.6 is 0 Å². The minimum atomic E-state index is -0.755. The molecule has 0 spiro atoms. The lowest BCUT2D eigenvalue weighted by atomic mass is 10.1. The average molecular weight is 316 g/mol. The Bertz CT molecular complexity index is 768. The van der Waals surface area contributed by atoms with E-state index in [9.17, 15) is 14.4 Å². The maximum absolute atomic E-state index is 12.3. The van der Waals surface area contributed by atoms with Gasteiger partial charge in [-0.15, -0.1) is 0 Å². The number of hydrogen-bond donors (Lipinski definition) is 1. The Labute approximate surface area is 132 Å². The van der Waals surface area contributed by atoms with Crippen molar-refractivity contribution in [3.63, 3.8) is 0 Å². The number of hydrogen-bond acceptors (Lipinski definition) is 6. The highest BCUT2D eigenvalue weighted by Crippen LogP contribution is 2.15. The van der Waals surface area contributed by atoms with Crippen LogP contribution in [0.2, 0.25) is 0 Å². The van der Waals surface area contributed by atoms with Crippen LogP contribution in [0, 0.1) is 0 Å². The van der Waals surface area contributed by atoms with Crippen molar-refractivity contribution in [2.45, 2.75) is 13.3 Å². The number of carbonyl (C=O) groups is 2. The summed E-state index contributed by atoms with van der Waals surface area (Å²) in [6.07, 6.45) is -0.359. The van der Waals surface area contributed by atoms with Gasteiger partial charge in [-0.1, -0.05) is 30.3 Å². The molecule has 0 atom stereocenters. The van der Waals surface area contributed by atoms with E-state index in [1.165, 1.54) is 7.11 Å². The number of aromatic nitrogens is 2. The normalized spacial score (nSPS) is 10.2. The second-order valence-corrected chi connectivity index (χ2v) is 4.58. The topological polar surface area (TPSA) is 98.4 Å². The van der Waals surface area contributed by atoms with E-state index in [0.717, 1.165) is 0 Å². The Morgan fingerprint density at radius 3 is 2.52 bits per heavy atom. The maximum atomic E-state index is 12.3. The highest BCUT2D eigenvalue weighted by molar-refractivity contribution is 5.90. The Morgan fingerprint density at radius 1 is 1.22 bits per heavy atom. The van der Waals surface area contributed by atoms with E-state index in [4.69, 9.17) is 4.74 Å². The van der Waals surface area contributed by atoms with Crippen molar-refractivity contribution in [2.75, 3.05) is 13.7 Å². The molecular formula is C16H16N2O5. The molecule has 1 aromatic heterocycles. The lowest BCUT2D eigenvalue weighted by molar-refractivity contribution is -0.139. The van der Waals surface area contributed by atoms with Gasteiger partial charge in [0.25, 0.3) is 5.56 Å². The second kappa shape index (κ2) is 7.35. The molecule has 0 amide bonds. The molecule has 0 unspecified atom stereocenters. The van der Waals surface area contributed by atoms with Gasteiger partial charge in [0.1, 0.15) is 5.82 Å². The molecule has 0 saturated carbocycles. The molecule has 0 saturated heterocycles. The van der Waals surface area contributed by atoms with Crippen molar-refractivity contribution in [3.8, 4) is 11.4 Å². The number of nitrogens with one attached hydrogen (secondary N) is 1. The molecular weight excluding hydrogens is 300 g/mol. The summed E-state index contributed by atoms with van der Waals surface area (Å²) in [5.41, 5.74) is -0.193. The first kappa shape index (κ1) is 16.4. The largest absolute Gasteiger partial charge is 0.469 e. The first-order valence-corrected chi connectivity index (χ1v) is 6.99. The zero-order valence-electron chi connectivity index (χ0n) is 12.8. The Morgan fingerprint density at radius 2 is 1.91 bits per heavy atom. The third kappa shape index (κ3) is 3.82. The number of benzene rings is 1. The quantitative estimate of drug-likeness (QED) is 0.836. The van der Waals surface area contributed by atoms with E-state index in [0.29, 0.717) is 5.56 Å². The highest BCUT2D eigenvalue weighted by Gasteiger charge is 2.22. The lowest BCUT2D eigenvalue weighted by Crippen LogP contribution is -2.25. The summed E-state index contributed by atoms with van der Waals surface area (Å²) in [5.74, 6) is -1.17. The van der Waals surface area contributed by atoms with Crippen LogP contribution in [0.5, 0.6) is 0 Å². The third-order valence-corrected chi connectivity index (χ3v) is 3.08. The van der Waals surface area contributed by atoms with Gasteiger partial charge in [-0.05, 0) is 6.92 Å². The minimum absolute atomic E-state index is 0.0741. The monoisotopic (exact) mass is 316 g/mol. The average Bonchev–Trinajstić information content (AvgIpc) is 2.57. The van der Waals surface area contributed by atoms with Crippen molar-refractivity contribution >= 4 is 11.9 Å². The number of rotatable bonds is 5. The molecule has 0 aliphatic heterocycles. The van der Waals surface area contributed by atoms with Crippen LogP contribution in [0.3, 0.4) is 0 Å². The smallest absolute Gasteiger partial charge is 0.357 e. The molecule has 23 heavy (non-hydrogen) atoms. The molecule has 1 heterocycles. The summed E-state index contributed by atoms with van der Waals surface area (Å²) in [5, 5.41) is 0. The van der Waals surface area contributed by atoms with Crippen LogP contribution in [0.4, 0.5) is 0 Å². The molecule has 1 aromatic carbocycles. The summed E-state index contributed by atoms with van der Waals surface area (Å²) >= 11 is 0. The van der Waals surface area contributed by atoms with E-state index < -0.39 is 17.5 Å². The Kier molecular flexibility index (Phi) is 5.24. The predicted octanol–water partition coefficient (Wildman–Crippen LogP) is 1.33. The molecule has 0 fully saturated rings. The number of esters is 2. The number of nitrogens with zero attached hydrogens (tertiary/aromatic N) is 1. The van der Waals surface area contributed by atoms with Crippen molar-refractivity contribution in [2.24, 2.45) is 0 Å². The van der Waals surface area contributed by atoms with Crippen molar-refractivity contribution < 1.29 is 19.1 Å². The van der Waals surface area contributed by atoms with Crippen molar-refractivity contribution in [1.29, 1.82) is 0 Å². The number of methoxy groups -OCH3 is 1. The molecule has 120 valence electrons. The second-order valence-electron chi connectivity index (χ2n) is 4.58. The van der Waals surface area contributed by atoms with Gasteiger partial charge in [0.2, 0.25) is 0 Å². The van der Waals surface area contributed by atoms with E-state index in [1.807, 2.05) is 6.07 Å². The predicted molar refractivity (Wildman–Crippen MR) is 82.0 cm³/mol. The van der Waals surface area contributed by atoms with Crippen LogP contribution in [-0.2, 0) is 20.7 Å². The lowest BCUT2D eigenvalue weighted by Gasteiger charge is -2.09. The van der Waals surface area contributed by atoms with E-state index in [-0.39, 0.29) is 30.1 Å². The molecule has 0 bridgehead atoms. The minimum Gasteiger partial charge on any atom is -0.469 e. The van der Waals surface area contributed by atoms with Gasteiger partial charge in [-0.25, -0.2) is 9.78 Å². The van der Waals surface area contributed by atoms with Crippen LogP contribution < -0.4 is 5.56 Å². The fourth-order valence-electron chi connectivity index (χ4n) is 1.98. The van der Waals surface area contributed by atoms with E-state index in [2.05, 4.69) is 14.7 Å². The number of ether oxygens (including phenoxy) is 2. The van der Waals surface area contributed by atoms with Gasteiger partial charge in [-0.3, -0.25) is 9.59 Å². The highest BCUT2D eigenvalue weighted by atomic mass is 16.5. The van der Waals surface area contributed by atoms with Gasteiger partial charge in [0.05, 0.1) is 25.7 Å². The summed E-state index contributed by atoms with van der Waals surface area (Å²) in [4.78, 5) is 42.6. The van der Waals surface area contributed by atoms with E-state index in [1.54, 1.807) is 31.2 Å². The molecule has 2 rings (SSSR count). The maximum Gasteiger partial charge on any atom is 0.357 e. The molecule has 7 heteroatoms. The molecule has 0 radical (unpaired) electrons. The molecule has 2 aromatic rings.